The number of likely N-dealkylation sites (tertiary alicyclic amines) is 1. The fourth-order valence-electron chi connectivity index (χ4n) is 2.40. The van der Waals surface area contributed by atoms with E-state index in [9.17, 15) is 18.0 Å². The third-order valence-electron chi connectivity index (χ3n) is 4.69. The van der Waals surface area contributed by atoms with Crippen LogP contribution in [0.1, 0.15) is 40.5 Å². The Morgan fingerprint density at radius 3 is 2.00 bits per heavy atom. The zero-order valence-corrected chi connectivity index (χ0v) is 12.7. The molecule has 118 valence electrons. The molecule has 1 rings (SSSR count). The largest absolute Gasteiger partial charge is 0.395 e. The highest BCUT2D eigenvalue weighted by Crippen LogP contribution is 2.45. The Morgan fingerprint density at radius 1 is 1.25 bits per heavy atom. The average molecular weight is 294 g/mol. The van der Waals surface area contributed by atoms with Gasteiger partial charge in [0.25, 0.3) is 0 Å². The molecule has 3 nitrogen and oxygen atoms in total. The highest BCUT2D eigenvalue weighted by molar-refractivity contribution is 5.79. The second-order valence-electron chi connectivity index (χ2n) is 6.90. The molecular formula is C14H25F3N2O. The minimum Gasteiger partial charge on any atom is -0.342 e. The van der Waals surface area contributed by atoms with Crippen LogP contribution in [0.3, 0.4) is 0 Å². The van der Waals surface area contributed by atoms with Crippen molar-refractivity contribution in [3.63, 3.8) is 0 Å². The lowest BCUT2D eigenvalue weighted by atomic mass is 9.76. The first-order valence-corrected chi connectivity index (χ1v) is 7.00. The van der Waals surface area contributed by atoms with Crippen LogP contribution in [0.4, 0.5) is 13.2 Å². The van der Waals surface area contributed by atoms with Gasteiger partial charge in [0.2, 0.25) is 5.91 Å². The third kappa shape index (κ3) is 3.27. The van der Waals surface area contributed by atoms with Gasteiger partial charge in [0.15, 0.2) is 0 Å². The molecule has 0 spiro atoms. The van der Waals surface area contributed by atoms with Crippen LogP contribution >= 0.6 is 0 Å². The minimum absolute atomic E-state index is 0.0645. The number of piperidine rings is 1. The molecule has 0 saturated carbocycles. The highest BCUT2D eigenvalue weighted by atomic mass is 19.4. The van der Waals surface area contributed by atoms with E-state index in [-0.39, 0.29) is 43.2 Å². The van der Waals surface area contributed by atoms with Crippen LogP contribution in [0.2, 0.25) is 0 Å². The van der Waals surface area contributed by atoms with Gasteiger partial charge in [0.1, 0.15) is 0 Å². The summed E-state index contributed by atoms with van der Waals surface area (Å²) in [7, 11) is 0. The number of nitrogens with zero attached hydrogens (tertiary/aromatic N) is 1. The van der Waals surface area contributed by atoms with Crippen LogP contribution in [0.25, 0.3) is 0 Å². The van der Waals surface area contributed by atoms with Crippen molar-refractivity contribution in [3.8, 4) is 0 Å². The van der Waals surface area contributed by atoms with Crippen molar-refractivity contribution < 1.29 is 18.0 Å². The van der Waals surface area contributed by atoms with Gasteiger partial charge in [0, 0.05) is 25.6 Å². The second-order valence-corrected chi connectivity index (χ2v) is 6.90. The molecule has 0 radical (unpaired) electrons. The molecule has 1 amide bonds. The Hall–Kier alpha value is -0.780. The maximum atomic E-state index is 13.1. The molecule has 0 aromatic heterocycles. The molecule has 1 aliphatic rings. The monoisotopic (exact) mass is 294 g/mol. The molecule has 0 aromatic carbocycles. The number of nitrogens with two attached hydrogens (primary N) is 1. The lowest BCUT2D eigenvalue weighted by molar-refractivity contribution is -0.234. The number of hydrogen-bond donors (Lipinski definition) is 1. The van der Waals surface area contributed by atoms with Crippen LogP contribution in [0, 0.1) is 16.7 Å². The summed E-state index contributed by atoms with van der Waals surface area (Å²) in [5.41, 5.74) is 3.34. The van der Waals surface area contributed by atoms with Crippen molar-refractivity contribution in [2.45, 2.75) is 46.7 Å². The van der Waals surface area contributed by atoms with E-state index in [1.165, 1.54) is 0 Å². The molecule has 2 N–H and O–H groups in total. The molecule has 0 aliphatic carbocycles. The Balaban J connectivity index is 2.74. The summed E-state index contributed by atoms with van der Waals surface area (Å²) in [5, 5.41) is 0. The Bertz CT molecular complexity index is 352. The van der Waals surface area contributed by atoms with Crippen molar-refractivity contribution in [1.82, 2.24) is 4.90 Å². The molecular weight excluding hydrogens is 269 g/mol. The van der Waals surface area contributed by atoms with Gasteiger partial charge in [-0.3, -0.25) is 4.79 Å². The van der Waals surface area contributed by atoms with Gasteiger partial charge in [-0.05, 0) is 18.3 Å². The maximum Gasteiger partial charge on any atom is 0.395 e. The van der Waals surface area contributed by atoms with Gasteiger partial charge in [-0.1, -0.05) is 27.7 Å². The van der Waals surface area contributed by atoms with E-state index < -0.39 is 18.1 Å². The molecule has 6 heteroatoms. The van der Waals surface area contributed by atoms with E-state index >= 15 is 0 Å². The fourth-order valence-corrected chi connectivity index (χ4v) is 2.40. The van der Waals surface area contributed by atoms with E-state index in [0.717, 1.165) is 0 Å². The number of alkyl halides is 3. The molecule has 0 aromatic rings. The first-order valence-electron chi connectivity index (χ1n) is 7.00. The van der Waals surface area contributed by atoms with Gasteiger partial charge in [-0.15, -0.1) is 0 Å². The van der Waals surface area contributed by atoms with Crippen molar-refractivity contribution in [3.05, 3.63) is 0 Å². The molecule has 1 atom stereocenters. The predicted octanol–water partition coefficient (Wildman–Crippen LogP) is 2.80. The highest BCUT2D eigenvalue weighted by Gasteiger charge is 2.55. The average Bonchev–Trinajstić information content (AvgIpc) is 2.34. The molecule has 20 heavy (non-hydrogen) atoms. The summed E-state index contributed by atoms with van der Waals surface area (Å²) in [4.78, 5) is 13.9. The molecule has 1 saturated heterocycles. The van der Waals surface area contributed by atoms with Crippen molar-refractivity contribution in [2.24, 2.45) is 22.5 Å². The van der Waals surface area contributed by atoms with Gasteiger partial charge >= 0.3 is 6.18 Å². The number of rotatable bonds is 2. The summed E-state index contributed by atoms with van der Waals surface area (Å²) in [6, 6.07) is 0. The number of halogens is 3. The molecule has 1 aliphatic heterocycles. The summed E-state index contributed by atoms with van der Waals surface area (Å²) >= 11 is 0. The van der Waals surface area contributed by atoms with E-state index in [1.54, 1.807) is 4.90 Å². The van der Waals surface area contributed by atoms with E-state index in [1.807, 2.05) is 27.7 Å². The third-order valence-corrected chi connectivity index (χ3v) is 4.69. The van der Waals surface area contributed by atoms with Gasteiger partial charge < -0.3 is 10.6 Å². The number of carbonyl (C=O) groups excluding carboxylic acids is 1. The van der Waals surface area contributed by atoms with Crippen LogP contribution in [0.5, 0.6) is 0 Å². The smallest absolute Gasteiger partial charge is 0.342 e. The minimum atomic E-state index is -4.30. The van der Waals surface area contributed by atoms with Crippen molar-refractivity contribution in [2.75, 3.05) is 19.6 Å². The normalized spacial score (nSPS) is 21.7. The standard InChI is InChI=1S/C14H25F3N2O/c1-10(12(2,3)4)11(20)19-7-5-13(9-18,6-8-19)14(15,16)17/h10H,5-9,18H2,1-4H3. The van der Waals surface area contributed by atoms with Crippen LogP contribution in [-0.4, -0.2) is 36.6 Å². The topological polar surface area (TPSA) is 46.3 Å². The number of hydrogen-bond acceptors (Lipinski definition) is 2. The number of amides is 1. The van der Waals surface area contributed by atoms with Crippen molar-refractivity contribution in [1.29, 1.82) is 0 Å². The number of carbonyl (C=O) groups is 1. The molecule has 1 fully saturated rings. The summed E-state index contributed by atoms with van der Waals surface area (Å²) in [5.74, 6) is -0.274. The summed E-state index contributed by atoms with van der Waals surface area (Å²) in [6.45, 7) is 7.56. The predicted molar refractivity (Wildman–Crippen MR) is 72.0 cm³/mol. The van der Waals surface area contributed by atoms with E-state index in [4.69, 9.17) is 5.73 Å². The first kappa shape index (κ1) is 17.3. The first-order chi connectivity index (χ1) is 8.94. The van der Waals surface area contributed by atoms with Crippen LogP contribution in [0.15, 0.2) is 0 Å². The molecule has 0 bridgehead atoms. The zero-order chi connectivity index (χ0) is 15.8. The van der Waals surface area contributed by atoms with Gasteiger partial charge in [-0.2, -0.15) is 13.2 Å². The van der Waals surface area contributed by atoms with Gasteiger partial charge in [0.05, 0.1) is 5.41 Å². The molecule has 1 unspecified atom stereocenters. The summed E-state index contributed by atoms with van der Waals surface area (Å²) in [6.07, 6.45) is -4.50. The van der Waals surface area contributed by atoms with Crippen molar-refractivity contribution >= 4 is 5.91 Å². The van der Waals surface area contributed by atoms with Crippen LogP contribution < -0.4 is 5.73 Å². The Labute approximate surface area is 118 Å². The maximum absolute atomic E-state index is 13.1. The van der Waals surface area contributed by atoms with Crippen LogP contribution in [-0.2, 0) is 4.79 Å². The SMILES string of the molecule is CC(C(=O)N1CCC(CN)(C(F)(F)F)CC1)C(C)(C)C. The lowest BCUT2D eigenvalue weighted by Gasteiger charge is -2.43. The van der Waals surface area contributed by atoms with Gasteiger partial charge in [-0.25, -0.2) is 0 Å². The lowest BCUT2D eigenvalue weighted by Crippen LogP contribution is -2.54. The molecule has 1 heterocycles. The Kier molecular flexibility index (Phi) is 4.79. The second kappa shape index (κ2) is 5.54. The zero-order valence-electron chi connectivity index (χ0n) is 12.7. The quantitative estimate of drug-likeness (QED) is 0.851. The fraction of sp³-hybridized carbons (Fsp3) is 0.929. The van der Waals surface area contributed by atoms with E-state index in [0.29, 0.717) is 0 Å². The summed E-state index contributed by atoms with van der Waals surface area (Å²) < 4.78 is 39.3. The van der Waals surface area contributed by atoms with E-state index in [2.05, 4.69) is 0 Å². The Morgan fingerprint density at radius 2 is 1.70 bits per heavy atom.